The van der Waals surface area contributed by atoms with Crippen molar-refractivity contribution in [1.29, 1.82) is 0 Å². The molecule has 6 heteroatoms. The van der Waals surface area contributed by atoms with Crippen LogP contribution in [0.3, 0.4) is 0 Å². The first-order chi connectivity index (χ1) is 9.59. The van der Waals surface area contributed by atoms with Gasteiger partial charge in [-0.25, -0.2) is 0 Å². The maximum atomic E-state index is 11.4. The second-order valence-electron chi connectivity index (χ2n) is 5.44. The number of aliphatic hydroxyl groups excluding tert-OH is 1. The van der Waals surface area contributed by atoms with Gasteiger partial charge in [0, 0.05) is 19.1 Å². The number of carbonyl (C=O) groups is 1. The highest BCUT2D eigenvalue weighted by atomic mass is 32.2. The van der Waals surface area contributed by atoms with E-state index >= 15 is 0 Å². The molecule has 0 radical (unpaired) electrons. The molecule has 0 saturated carbocycles. The number of carbonyl (C=O) groups excluding carboxylic acids is 1. The number of piperidine rings is 1. The molecular weight excluding hydrogens is 264 g/mol. The molecular formula is C13H20N2O3S. The highest BCUT2D eigenvalue weighted by molar-refractivity contribution is 8.00. The number of likely N-dealkylation sites (tertiary alicyclic amines) is 1. The fourth-order valence-electron chi connectivity index (χ4n) is 3.13. The molecule has 3 rings (SSSR count). The predicted octanol–water partition coefficient (Wildman–Crippen LogP) is -1.84. The van der Waals surface area contributed by atoms with Crippen LogP contribution in [0.25, 0.3) is 0 Å². The van der Waals surface area contributed by atoms with Gasteiger partial charge < -0.3 is 24.8 Å². The zero-order valence-electron chi connectivity index (χ0n) is 11.8. The van der Waals surface area contributed by atoms with Crippen molar-refractivity contribution in [3.8, 4) is 0 Å². The van der Waals surface area contributed by atoms with Crippen molar-refractivity contribution in [2.24, 2.45) is 0 Å². The number of aliphatic carboxylic acids is 1. The Morgan fingerprint density at radius 2 is 2.26 bits per heavy atom. The molecule has 5 nitrogen and oxygen atoms in total. The van der Waals surface area contributed by atoms with Gasteiger partial charge in [0.1, 0.15) is 12.8 Å². The van der Waals surface area contributed by atoms with E-state index in [1.807, 2.05) is 0 Å². The maximum absolute atomic E-state index is 11.4. The van der Waals surface area contributed by atoms with Gasteiger partial charge in [0.15, 0.2) is 0 Å². The molecule has 3 heterocycles. The van der Waals surface area contributed by atoms with E-state index in [1.165, 1.54) is 29.1 Å². The lowest BCUT2D eigenvalue weighted by Crippen LogP contribution is -3.13. The highest BCUT2D eigenvalue weighted by Crippen LogP contribution is 2.41. The Morgan fingerprint density at radius 3 is 2.95 bits per heavy atom. The van der Waals surface area contributed by atoms with Crippen molar-refractivity contribution in [1.82, 2.24) is 4.90 Å². The summed E-state index contributed by atoms with van der Waals surface area (Å²) in [5.41, 5.74) is 0.997. The second-order valence-corrected chi connectivity index (χ2v) is 6.55. The largest absolute Gasteiger partial charge is 0.543 e. The number of carboxylic acid groups (broad SMARTS) is 1. The van der Waals surface area contributed by atoms with Gasteiger partial charge >= 0.3 is 0 Å². The van der Waals surface area contributed by atoms with E-state index in [4.69, 9.17) is 1.37 Å². The van der Waals surface area contributed by atoms with Crippen LogP contribution in [0.2, 0.25) is 0 Å². The first-order valence-corrected chi connectivity index (χ1v) is 7.91. The molecule has 0 bridgehead atoms. The summed E-state index contributed by atoms with van der Waals surface area (Å²) in [7, 11) is 0. The smallest absolute Gasteiger partial charge is 0.130 e. The van der Waals surface area contributed by atoms with Crippen LogP contribution in [0.15, 0.2) is 11.3 Å². The lowest BCUT2D eigenvalue weighted by molar-refractivity contribution is -0.900. The number of nitrogens with zero attached hydrogens (tertiary/aromatic N) is 1. The van der Waals surface area contributed by atoms with E-state index in [-0.39, 0.29) is 11.1 Å². The number of rotatable bonds is 3. The Hall–Kier alpha value is -0.720. The van der Waals surface area contributed by atoms with Gasteiger partial charge in [-0.2, -0.15) is 0 Å². The molecule has 2 N–H and O–H groups in total. The van der Waals surface area contributed by atoms with Crippen LogP contribution < -0.4 is 10.0 Å². The Morgan fingerprint density at radius 1 is 1.53 bits per heavy atom. The number of aliphatic hydroxyl groups is 1. The van der Waals surface area contributed by atoms with Gasteiger partial charge in [0.25, 0.3) is 0 Å². The van der Waals surface area contributed by atoms with Crippen LogP contribution in [-0.4, -0.2) is 53.0 Å². The molecule has 0 amide bonds. The predicted molar refractivity (Wildman–Crippen MR) is 70.2 cm³/mol. The summed E-state index contributed by atoms with van der Waals surface area (Å²) in [6.07, 6.45) is 2.02. The summed E-state index contributed by atoms with van der Waals surface area (Å²) in [5, 5.41) is 21.1. The van der Waals surface area contributed by atoms with Crippen LogP contribution >= 0.6 is 11.8 Å². The number of fused-ring (bicyclic) bond motifs is 1. The molecule has 2 saturated heterocycles. The van der Waals surface area contributed by atoms with Crippen molar-refractivity contribution >= 4 is 17.7 Å². The van der Waals surface area contributed by atoms with Crippen molar-refractivity contribution in [3.05, 3.63) is 11.3 Å². The average Bonchev–Trinajstić information content (AvgIpc) is 2.46. The molecule has 2 fully saturated rings. The number of hydrogen-bond donors (Lipinski definition) is 2. The van der Waals surface area contributed by atoms with E-state index in [1.54, 1.807) is 11.8 Å². The van der Waals surface area contributed by atoms with Crippen LogP contribution in [0, 0.1) is 0 Å². The molecule has 0 aromatic rings. The monoisotopic (exact) mass is 285 g/mol. The molecule has 0 aliphatic carbocycles. The minimum absolute atomic E-state index is 0.142. The van der Waals surface area contributed by atoms with Crippen LogP contribution in [0.1, 0.15) is 27.0 Å². The van der Waals surface area contributed by atoms with Crippen LogP contribution in [0.5, 0.6) is 0 Å². The fourth-order valence-corrected chi connectivity index (χ4v) is 4.38. The minimum Gasteiger partial charge on any atom is -0.543 e. The Bertz CT molecular complexity index is 439. The number of nitrogens with one attached hydrogen (secondary N) is 1. The molecule has 3 atom stereocenters. The third-order valence-electron chi connectivity index (χ3n) is 4.13. The van der Waals surface area contributed by atoms with Gasteiger partial charge in [-0.15, -0.1) is 11.8 Å². The molecule has 0 aromatic heterocycles. The summed E-state index contributed by atoms with van der Waals surface area (Å²) < 4.78 is 7.74. The Labute approximate surface area is 118 Å². The van der Waals surface area contributed by atoms with Gasteiger partial charge in [0.2, 0.25) is 0 Å². The number of hydrogen-bond acceptors (Lipinski definition) is 5. The molecule has 0 spiro atoms. The van der Waals surface area contributed by atoms with Gasteiger partial charge in [0.05, 0.1) is 30.1 Å². The first kappa shape index (κ1) is 12.1. The molecule has 1 unspecified atom stereocenters. The van der Waals surface area contributed by atoms with Crippen LogP contribution in [-0.2, 0) is 4.79 Å². The molecule has 19 heavy (non-hydrogen) atoms. The van der Waals surface area contributed by atoms with Crippen molar-refractivity contribution < 1.29 is 21.3 Å². The summed E-state index contributed by atoms with van der Waals surface area (Å²) in [5.74, 6) is -0.580. The SMILES string of the molecule is [2H][C@@H]1C(O)N2C(C(=O)[O-])=C(C[NH+]3CCCCC3)CS[C@H]12. The normalized spacial score (nSPS) is 36.6. The van der Waals surface area contributed by atoms with E-state index < -0.39 is 18.6 Å². The summed E-state index contributed by atoms with van der Waals surface area (Å²) in [6.45, 7) is 2.89. The minimum atomic E-state index is -1.22. The van der Waals surface area contributed by atoms with Gasteiger partial charge in [-0.05, 0) is 19.3 Å². The molecule has 106 valence electrons. The summed E-state index contributed by atoms with van der Waals surface area (Å²) in [4.78, 5) is 14.3. The highest BCUT2D eigenvalue weighted by Gasteiger charge is 2.43. The lowest BCUT2D eigenvalue weighted by atomic mass is 10.1. The standard InChI is InChI=1S/C13H20N2O3S/c16-10-6-11-15(10)12(13(17)18)9(8-19-11)7-14-4-2-1-3-5-14/h10-11,16H,1-8H2,(H,17,18)/t10?,11-/m1/s1/i6D/t6-,10?,11-. The third kappa shape index (κ3) is 2.49. The zero-order valence-corrected chi connectivity index (χ0v) is 11.6. The van der Waals surface area contributed by atoms with Crippen LogP contribution in [0.4, 0.5) is 0 Å². The number of quaternary nitrogens is 1. The van der Waals surface area contributed by atoms with Crippen molar-refractivity contribution in [3.63, 3.8) is 0 Å². The maximum Gasteiger partial charge on any atom is 0.130 e. The average molecular weight is 285 g/mol. The number of carboxylic acids is 1. The third-order valence-corrected chi connectivity index (χ3v) is 5.38. The van der Waals surface area contributed by atoms with Gasteiger partial charge in [-0.1, -0.05) is 0 Å². The molecule has 3 aliphatic heterocycles. The van der Waals surface area contributed by atoms with E-state index in [0.29, 0.717) is 5.75 Å². The Kier molecular flexibility index (Phi) is 3.39. The second kappa shape index (κ2) is 5.34. The van der Waals surface area contributed by atoms with E-state index in [9.17, 15) is 15.0 Å². The quantitative estimate of drug-likeness (QED) is 0.638. The van der Waals surface area contributed by atoms with Crippen molar-refractivity contribution in [2.75, 3.05) is 25.4 Å². The summed E-state index contributed by atoms with van der Waals surface area (Å²) in [6, 6.07) is 0. The molecule has 0 aromatic carbocycles. The van der Waals surface area contributed by atoms with Crippen molar-refractivity contribution in [2.45, 2.75) is 37.3 Å². The van der Waals surface area contributed by atoms with E-state index in [0.717, 1.165) is 25.2 Å². The number of thioether (sulfide) groups is 1. The lowest BCUT2D eigenvalue weighted by Gasteiger charge is -2.51. The Balaban J connectivity index is 1.80. The zero-order chi connectivity index (χ0) is 14.3. The van der Waals surface area contributed by atoms with Gasteiger partial charge in [-0.3, -0.25) is 0 Å². The molecule has 3 aliphatic rings. The topological polar surface area (TPSA) is 68.0 Å². The summed E-state index contributed by atoms with van der Waals surface area (Å²) >= 11 is 1.56. The van der Waals surface area contributed by atoms with E-state index in [2.05, 4.69) is 0 Å². The fraction of sp³-hybridized carbons (Fsp3) is 0.769. The first-order valence-electron chi connectivity index (χ1n) is 7.44.